The van der Waals surface area contributed by atoms with Gasteiger partial charge in [-0.2, -0.15) is 0 Å². The Hall–Kier alpha value is -1.18. The first kappa shape index (κ1) is 13.9. The van der Waals surface area contributed by atoms with Crippen LogP contribution in [-0.2, 0) is 9.59 Å². The number of aliphatic carboxylic acids is 1. The summed E-state index contributed by atoms with van der Waals surface area (Å²) in [6.07, 6.45) is 1.69. The van der Waals surface area contributed by atoms with Crippen LogP contribution >= 0.6 is 0 Å². The number of hydrogen-bond acceptors (Lipinski definition) is 5. The van der Waals surface area contributed by atoms with Crippen molar-refractivity contribution >= 4 is 11.9 Å². The third-order valence-corrected chi connectivity index (χ3v) is 2.82. The van der Waals surface area contributed by atoms with Crippen LogP contribution in [0.3, 0.4) is 0 Å². The molecule has 0 bridgehead atoms. The predicted molar refractivity (Wildman–Crippen MR) is 60.3 cm³/mol. The van der Waals surface area contributed by atoms with Gasteiger partial charge in [0, 0.05) is 19.1 Å². The molecule has 0 unspecified atom stereocenters. The zero-order valence-corrected chi connectivity index (χ0v) is 9.63. The van der Waals surface area contributed by atoms with Crippen molar-refractivity contribution in [3.63, 3.8) is 0 Å². The Morgan fingerprint density at radius 2 is 2.00 bits per heavy atom. The molecule has 0 radical (unpaired) electrons. The quantitative estimate of drug-likeness (QED) is 0.444. The molecule has 1 fully saturated rings. The number of aliphatic hydroxyl groups excluding tert-OH is 1. The molecule has 1 amide bonds. The summed E-state index contributed by atoms with van der Waals surface area (Å²) in [5.74, 6) is -1.62. The van der Waals surface area contributed by atoms with Crippen molar-refractivity contribution < 1.29 is 19.8 Å². The Morgan fingerprint density at radius 1 is 1.41 bits per heavy atom. The average molecular weight is 245 g/mol. The van der Waals surface area contributed by atoms with Crippen LogP contribution in [0.25, 0.3) is 0 Å². The standard InChI is InChI=1S/C10H19N3O4/c11-7-1-3-13(4-2-7)5-9(15)12-8(6-14)10(16)17/h7-8,14H,1-6,11H2,(H,12,15)(H,16,17)/t8-/m0/s1. The number of piperidine rings is 1. The van der Waals surface area contributed by atoms with Crippen molar-refractivity contribution in [3.05, 3.63) is 0 Å². The fraction of sp³-hybridized carbons (Fsp3) is 0.800. The van der Waals surface area contributed by atoms with Gasteiger partial charge >= 0.3 is 5.97 Å². The lowest BCUT2D eigenvalue weighted by atomic mass is 10.1. The molecule has 1 aliphatic heterocycles. The minimum absolute atomic E-state index is 0.149. The van der Waals surface area contributed by atoms with Crippen LogP contribution in [0.5, 0.6) is 0 Å². The number of hydrogen-bond donors (Lipinski definition) is 4. The van der Waals surface area contributed by atoms with Gasteiger partial charge in [0.15, 0.2) is 0 Å². The second-order valence-corrected chi connectivity index (χ2v) is 4.25. The first-order chi connectivity index (χ1) is 8.02. The molecule has 0 aromatic rings. The first-order valence-electron chi connectivity index (χ1n) is 5.64. The molecule has 1 heterocycles. The van der Waals surface area contributed by atoms with Crippen LogP contribution in [0.15, 0.2) is 0 Å². The van der Waals surface area contributed by atoms with Crippen molar-refractivity contribution in [3.8, 4) is 0 Å². The van der Waals surface area contributed by atoms with Crippen LogP contribution < -0.4 is 11.1 Å². The van der Waals surface area contributed by atoms with E-state index in [1.54, 1.807) is 0 Å². The number of carboxylic acid groups (broad SMARTS) is 1. The Morgan fingerprint density at radius 3 is 2.47 bits per heavy atom. The van der Waals surface area contributed by atoms with Crippen molar-refractivity contribution in [2.24, 2.45) is 5.73 Å². The molecule has 0 aromatic carbocycles. The lowest BCUT2D eigenvalue weighted by molar-refractivity contribution is -0.143. The summed E-state index contributed by atoms with van der Waals surface area (Å²) < 4.78 is 0. The number of carbonyl (C=O) groups is 2. The van der Waals surface area contributed by atoms with Gasteiger partial charge in [-0.15, -0.1) is 0 Å². The summed E-state index contributed by atoms with van der Waals surface area (Å²) in [7, 11) is 0. The van der Waals surface area contributed by atoms with E-state index in [0.717, 1.165) is 25.9 Å². The van der Waals surface area contributed by atoms with Gasteiger partial charge in [-0.1, -0.05) is 0 Å². The van der Waals surface area contributed by atoms with Gasteiger partial charge in [0.25, 0.3) is 0 Å². The van der Waals surface area contributed by atoms with Gasteiger partial charge in [-0.05, 0) is 12.8 Å². The van der Waals surface area contributed by atoms with Gasteiger partial charge in [-0.25, -0.2) is 4.79 Å². The first-order valence-corrected chi connectivity index (χ1v) is 5.64. The molecule has 7 nitrogen and oxygen atoms in total. The van der Waals surface area contributed by atoms with E-state index in [1.807, 2.05) is 4.90 Å². The maximum Gasteiger partial charge on any atom is 0.328 e. The molecule has 1 saturated heterocycles. The number of nitrogens with two attached hydrogens (primary N) is 1. The predicted octanol–water partition coefficient (Wildman–Crippen LogP) is -2.03. The van der Waals surface area contributed by atoms with Gasteiger partial charge < -0.3 is 21.3 Å². The van der Waals surface area contributed by atoms with Crippen molar-refractivity contribution in [1.82, 2.24) is 10.2 Å². The lowest BCUT2D eigenvalue weighted by Crippen LogP contribution is -2.49. The number of rotatable bonds is 5. The fourth-order valence-corrected chi connectivity index (χ4v) is 1.74. The number of amides is 1. The Balaban J connectivity index is 2.31. The number of aliphatic hydroxyl groups is 1. The van der Waals surface area contributed by atoms with E-state index in [2.05, 4.69) is 5.32 Å². The Bertz CT molecular complexity index is 277. The van der Waals surface area contributed by atoms with Crippen LogP contribution in [0.2, 0.25) is 0 Å². The lowest BCUT2D eigenvalue weighted by Gasteiger charge is -2.29. The fourth-order valence-electron chi connectivity index (χ4n) is 1.74. The van der Waals surface area contributed by atoms with E-state index in [0.29, 0.717) is 0 Å². The highest BCUT2D eigenvalue weighted by molar-refractivity contribution is 5.84. The Kier molecular flexibility index (Phi) is 5.33. The van der Waals surface area contributed by atoms with Gasteiger partial charge in [-0.3, -0.25) is 9.69 Å². The molecule has 98 valence electrons. The summed E-state index contributed by atoms with van der Waals surface area (Å²) in [4.78, 5) is 24.0. The van der Waals surface area contributed by atoms with Crippen LogP contribution in [0.1, 0.15) is 12.8 Å². The summed E-state index contributed by atoms with van der Waals surface area (Å²) in [6, 6.07) is -1.03. The molecule has 1 atom stereocenters. The number of nitrogens with one attached hydrogen (secondary N) is 1. The highest BCUT2D eigenvalue weighted by Crippen LogP contribution is 2.07. The third-order valence-electron chi connectivity index (χ3n) is 2.82. The molecule has 7 heteroatoms. The van der Waals surface area contributed by atoms with Gasteiger partial charge in [0.05, 0.1) is 13.2 Å². The average Bonchev–Trinajstić information content (AvgIpc) is 2.28. The summed E-state index contributed by atoms with van der Waals surface area (Å²) >= 11 is 0. The zero-order chi connectivity index (χ0) is 12.8. The third kappa shape index (κ3) is 4.68. The van der Waals surface area contributed by atoms with E-state index in [9.17, 15) is 9.59 Å². The van der Waals surface area contributed by atoms with Gasteiger partial charge in [0.2, 0.25) is 5.91 Å². The van der Waals surface area contributed by atoms with Crippen molar-refractivity contribution in [2.45, 2.75) is 24.9 Å². The maximum absolute atomic E-state index is 11.5. The molecule has 1 rings (SSSR count). The summed E-state index contributed by atoms with van der Waals surface area (Å²) in [5.41, 5.74) is 5.73. The molecular formula is C10H19N3O4. The van der Waals surface area contributed by atoms with Gasteiger partial charge in [0.1, 0.15) is 6.04 Å². The largest absolute Gasteiger partial charge is 0.480 e. The second-order valence-electron chi connectivity index (χ2n) is 4.25. The summed E-state index contributed by atoms with van der Waals surface area (Å²) in [6.45, 7) is 1.03. The zero-order valence-electron chi connectivity index (χ0n) is 9.63. The monoisotopic (exact) mass is 245 g/mol. The van der Waals surface area contributed by atoms with Crippen LogP contribution in [-0.4, -0.2) is 65.3 Å². The van der Waals surface area contributed by atoms with Crippen LogP contribution in [0, 0.1) is 0 Å². The topological polar surface area (TPSA) is 116 Å². The maximum atomic E-state index is 11.5. The highest BCUT2D eigenvalue weighted by atomic mass is 16.4. The van der Waals surface area contributed by atoms with Crippen molar-refractivity contribution in [1.29, 1.82) is 0 Å². The van der Waals surface area contributed by atoms with E-state index < -0.39 is 18.6 Å². The van der Waals surface area contributed by atoms with E-state index in [-0.39, 0.29) is 18.5 Å². The number of carboxylic acids is 1. The van der Waals surface area contributed by atoms with E-state index in [1.165, 1.54) is 0 Å². The van der Waals surface area contributed by atoms with E-state index >= 15 is 0 Å². The molecular weight excluding hydrogens is 226 g/mol. The van der Waals surface area contributed by atoms with E-state index in [4.69, 9.17) is 15.9 Å². The second kappa shape index (κ2) is 6.53. The molecule has 5 N–H and O–H groups in total. The molecule has 0 spiro atoms. The molecule has 0 saturated carbocycles. The highest BCUT2D eigenvalue weighted by Gasteiger charge is 2.22. The summed E-state index contributed by atoms with van der Waals surface area (Å²) in [5, 5.41) is 19.7. The molecule has 1 aliphatic rings. The van der Waals surface area contributed by atoms with Crippen LogP contribution in [0.4, 0.5) is 0 Å². The smallest absolute Gasteiger partial charge is 0.328 e. The normalized spacial score (nSPS) is 19.9. The Labute approximate surface area is 99.6 Å². The number of likely N-dealkylation sites (tertiary alicyclic amines) is 1. The minimum atomic E-state index is -1.23. The molecule has 0 aromatic heterocycles. The number of nitrogens with zero attached hydrogens (tertiary/aromatic N) is 1. The molecule has 17 heavy (non-hydrogen) atoms. The minimum Gasteiger partial charge on any atom is -0.480 e. The SMILES string of the molecule is NC1CCN(CC(=O)N[C@@H](CO)C(=O)O)CC1. The molecule has 0 aliphatic carbocycles. The van der Waals surface area contributed by atoms with Crippen molar-refractivity contribution in [2.75, 3.05) is 26.2 Å². The number of carbonyl (C=O) groups excluding carboxylic acids is 1.